The minimum absolute atomic E-state index is 0.141. The smallest absolute Gasteiger partial charge is 0.326 e. The van der Waals surface area contributed by atoms with Gasteiger partial charge in [0.1, 0.15) is 6.04 Å². The Hall–Kier alpha value is -1.26. The second-order valence-corrected chi connectivity index (χ2v) is 3.83. The fourth-order valence-corrected chi connectivity index (χ4v) is 1.77. The Kier molecular flexibility index (Phi) is 3.94. The number of hydrogen-bond donors (Lipinski definition) is 1. The van der Waals surface area contributed by atoms with E-state index in [2.05, 4.69) is 0 Å². The second kappa shape index (κ2) is 5.00. The van der Waals surface area contributed by atoms with Crippen LogP contribution in [-0.2, 0) is 4.79 Å². The Balaban J connectivity index is 2.66. The van der Waals surface area contributed by atoms with Crippen molar-refractivity contribution < 1.29 is 14.7 Å². The molecule has 0 bridgehead atoms. The predicted molar refractivity (Wildman–Crippen MR) is 55.7 cm³/mol. The fourth-order valence-electron chi connectivity index (χ4n) is 1.77. The van der Waals surface area contributed by atoms with Crippen molar-refractivity contribution in [1.82, 2.24) is 9.80 Å². The molecule has 5 nitrogen and oxygen atoms in total. The van der Waals surface area contributed by atoms with Gasteiger partial charge in [0.15, 0.2) is 0 Å². The van der Waals surface area contributed by atoms with Gasteiger partial charge in [-0.25, -0.2) is 9.59 Å². The number of urea groups is 1. The average molecular weight is 214 g/mol. The summed E-state index contributed by atoms with van der Waals surface area (Å²) in [6, 6.07) is -0.866. The van der Waals surface area contributed by atoms with Crippen LogP contribution in [0.3, 0.4) is 0 Å². The van der Waals surface area contributed by atoms with E-state index < -0.39 is 12.0 Å². The van der Waals surface area contributed by atoms with Crippen molar-refractivity contribution in [2.45, 2.75) is 32.7 Å². The van der Waals surface area contributed by atoms with Crippen LogP contribution in [0, 0.1) is 0 Å². The van der Waals surface area contributed by atoms with E-state index in [0.29, 0.717) is 13.1 Å². The van der Waals surface area contributed by atoms with Gasteiger partial charge in [0.25, 0.3) is 0 Å². The van der Waals surface area contributed by atoms with Crippen LogP contribution in [0.25, 0.3) is 0 Å². The number of aliphatic carboxylic acids is 1. The quantitative estimate of drug-likeness (QED) is 0.759. The van der Waals surface area contributed by atoms with E-state index in [1.165, 1.54) is 4.90 Å². The van der Waals surface area contributed by atoms with Crippen molar-refractivity contribution in [2.75, 3.05) is 19.6 Å². The topological polar surface area (TPSA) is 60.9 Å². The van der Waals surface area contributed by atoms with Gasteiger partial charge in [-0.05, 0) is 19.8 Å². The lowest BCUT2D eigenvalue weighted by atomic mass is 10.2. The monoisotopic (exact) mass is 214 g/mol. The van der Waals surface area contributed by atoms with E-state index >= 15 is 0 Å². The molecule has 0 aromatic rings. The van der Waals surface area contributed by atoms with E-state index in [9.17, 15) is 9.59 Å². The van der Waals surface area contributed by atoms with Gasteiger partial charge in [0.2, 0.25) is 0 Å². The molecule has 1 aliphatic rings. The van der Waals surface area contributed by atoms with E-state index in [1.54, 1.807) is 11.8 Å². The van der Waals surface area contributed by atoms with E-state index in [1.807, 2.05) is 6.92 Å². The summed E-state index contributed by atoms with van der Waals surface area (Å²) in [5.41, 5.74) is 0. The van der Waals surface area contributed by atoms with Crippen LogP contribution in [0.2, 0.25) is 0 Å². The summed E-state index contributed by atoms with van der Waals surface area (Å²) in [5.74, 6) is -0.943. The SMILES string of the molecule is CCCN1CCCN(C(C)C(=O)O)C1=O. The number of hydrogen-bond acceptors (Lipinski definition) is 2. The summed E-state index contributed by atoms with van der Waals surface area (Å²) in [5, 5.41) is 8.86. The normalized spacial score (nSPS) is 19.2. The zero-order chi connectivity index (χ0) is 11.4. The maximum Gasteiger partial charge on any atom is 0.326 e. The van der Waals surface area contributed by atoms with Gasteiger partial charge in [-0.3, -0.25) is 0 Å². The maximum atomic E-state index is 11.8. The maximum absolute atomic E-state index is 11.8. The van der Waals surface area contributed by atoms with E-state index in [4.69, 9.17) is 5.11 Å². The average Bonchev–Trinajstić information content (AvgIpc) is 2.20. The lowest BCUT2D eigenvalue weighted by Crippen LogP contribution is -2.54. The summed E-state index contributed by atoms with van der Waals surface area (Å²) in [6.07, 6.45) is 1.75. The summed E-state index contributed by atoms with van der Waals surface area (Å²) < 4.78 is 0. The summed E-state index contributed by atoms with van der Waals surface area (Å²) in [4.78, 5) is 25.8. The van der Waals surface area contributed by atoms with Gasteiger partial charge in [-0.15, -0.1) is 0 Å². The molecule has 1 heterocycles. The highest BCUT2D eigenvalue weighted by molar-refractivity contribution is 5.82. The minimum Gasteiger partial charge on any atom is -0.480 e. The molecule has 0 aromatic heterocycles. The van der Waals surface area contributed by atoms with Crippen LogP contribution < -0.4 is 0 Å². The Morgan fingerprint density at radius 1 is 1.53 bits per heavy atom. The fraction of sp³-hybridized carbons (Fsp3) is 0.800. The molecular formula is C10H18N2O3. The van der Waals surface area contributed by atoms with Gasteiger partial charge in [-0.1, -0.05) is 6.92 Å². The minimum atomic E-state index is -0.943. The van der Waals surface area contributed by atoms with Crippen LogP contribution >= 0.6 is 0 Å². The molecule has 1 saturated heterocycles. The van der Waals surface area contributed by atoms with Gasteiger partial charge in [-0.2, -0.15) is 0 Å². The zero-order valence-corrected chi connectivity index (χ0v) is 9.27. The Labute approximate surface area is 89.7 Å². The van der Waals surface area contributed by atoms with Crippen molar-refractivity contribution in [2.24, 2.45) is 0 Å². The highest BCUT2D eigenvalue weighted by Gasteiger charge is 2.31. The molecular weight excluding hydrogens is 196 g/mol. The first-order valence-corrected chi connectivity index (χ1v) is 5.36. The number of carboxylic acid groups (broad SMARTS) is 1. The van der Waals surface area contributed by atoms with E-state index in [-0.39, 0.29) is 6.03 Å². The van der Waals surface area contributed by atoms with E-state index in [0.717, 1.165) is 19.4 Å². The predicted octanol–water partition coefficient (Wildman–Crippen LogP) is 0.997. The Morgan fingerprint density at radius 3 is 2.73 bits per heavy atom. The van der Waals surface area contributed by atoms with Crippen LogP contribution in [0.15, 0.2) is 0 Å². The molecule has 1 aliphatic heterocycles. The number of nitrogens with zero attached hydrogens (tertiary/aromatic N) is 2. The van der Waals surface area contributed by atoms with Crippen molar-refractivity contribution in [3.05, 3.63) is 0 Å². The number of carbonyl (C=O) groups excluding carboxylic acids is 1. The van der Waals surface area contributed by atoms with Crippen molar-refractivity contribution in [1.29, 1.82) is 0 Å². The first kappa shape index (κ1) is 11.8. The molecule has 86 valence electrons. The lowest BCUT2D eigenvalue weighted by Gasteiger charge is -2.37. The Morgan fingerprint density at radius 2 is 2.20 bits per heavy atom. The number of amides is 2. The molecule has 1 unspecified atom stereocenters. The van der Waals surface area contributed by atoms with Crippen LogP contribution in [0.1, 0.15) is 26.7 Å². The van der Waals surface area contributed by atoms with Crippen molar-refractivity contribution in [3.63, 3.8) is 0 Å². The molecule has 1 N–H and O–H groups in total. The molecule has 5 heteroatoms. The zero-order valence-electron chi connectivity index (χ0n) is 9.27. The Bertz CT molecular complexity index is 253. The number of rotatable bonds is 4. The largest absolute Gasteiger partial charge is 0.480 e. The number of carbonyl (C=O) groups is 2. The summed E-state index contributed by atoms with van der Waals surface area (Å²) in [6.45, 7) is 5.56. The molecule has 1 rings (SSSR count). The highest BCUT2D eigenvalue weighted by atomic mass is 16.4. The molecule has 0 saturated carbocycles. The van der Waals surface area contributed by atoms with Gasteiger partial charge in [0, 0.05) is 19.6 Å². The first-order valence-electron chi connectivity index (χ1n) is 5.36. The summed E-state index contributed by atoms with van der Waals surface area (Å²) in [7, 11) is 0. The molecule has 2 amide bonds. The van der Waals surface area contributed by atoms with Crippen LogP contribution in [0.5, 0.6) is 0 Å². The summed E-state index contributed by atoms with van der Waals surface area (Å²) >= 11 is 0. The number of carboxylic acids is 1. The molecule has 1 fully saturated rings. The molecule has 15 heavy (non-hydrogen) atoms. The third kappa shape index (κ3) is 2.61. The van der Waals surface area contributed by atoms with Crippen LogP contribution in [-0.4, -0.2) is 52.6 Å². The van der Waals surface area contributed by atoms with Crippen molar-refractivity contribution >= 4 is 12.0 Å². The third-order valence-electron chi connectivity index (χ3n) is 2.66. The van der Waals surface area contributed by atoms with Gasteiger partial charge >= 0.3 is 12.0 Å². The molecule has 0 spiro atoms. The van der Waals surface area contributed by atoms with Crippen LogP contribution in [0.4, 0.5) is 4.79 Å². The second-order valence-electron chi connectivity index (χ2n) is 3.83. The highest BCUT2D eigenvalue weighted by Crippen LogP contribution is 2.13. The molecule has 0 aromatic carbocycles. The standard InChI is InChI=1S/C10H18N2O3/c1-3-5-11-6-4-7-12(10(11)15)8(2)9(13)14/h8H,3-7H2,1-2H3,(H,13,14). The van der Waals surface area contributed by atoms with Gasteiger partial charge < -0.3 is 14.9 Å². The molecule has 0 aliphatic carbocycles. The molecule has 1 atom stereocenters. The molecule has 0 radical (unpaired) electrons. The first-order chi connectivity index (χ1) is 7.07. The third-order valence-corrected chi connectivity index (χ3v) is 2.66. The van der Waals surface area contributed by atoms with Gasteiger partial charge in [0.05, 0.1) is 0 Å². The van der Waals surface area contributed by atoms with Crippen molar-refractivity contribution in [3.8, 4) is 0 Å². The lowest BCUT2D eigenvalue weighted by molar-refractivity contribution is -0.142.